The molecular weight excluding hydrogens is 510 g/mol. The van der Waals surface area contributed by atoms with Gasteiger partial charge in [0.25, 0.3) is 5.91 Å². The second kappa shape index (κ2) is 14.1. The number of aryl methyl sites for hydroxylation is 1. The lowest BCUT2D eigenvalue weighted by atomic mass is 10.1. The van der Waals surface area contributed by atoms with E-state index < -0.39 is 5.91 Å². The predicted octanol–water partition coefficient (Wildman–Crippen LogP) is 6.64. The van der Waals surface area contributed by atoms with E-state index in [1.54, 1.807) is 6.08 Å². The number of nitriles is 1. The fraction of sp³-hybridized carbons (Fsp3) is 0.333. The third-order valence-corrected chi connectivity index (χ3v) is 7.15. The number of anilines is 1. The van der Waals surface area contributed by atoms with E-state index in [2.05, 4.69) is 27.0 Å². The number of nitrogens with one attached hydrogen (secondary N) is 1. The van der Waals surface area contributed by atoms with Gasteiger partial charge in [-0.15, -0.1) is 10.2 Å². The zero-order chi connectivity index (χ0) is 27.5. The highest BCUT2D eigenvalue weighted by Crippen LogP contribution is 2.25. The molecule has 1 amide bonds. The normalized spacial score (nSPS) is 11.4. The lowest BCUT2D eigenvalue weighted by molar-refractivity contribution is -0.112. The number of unbranched alkanes of at least 4 members (excludes halogenated alkanes) is 3. The second-order valence-electron chi connectivity index (χ2n) is 9.00. The van der Waals surface area contributed by atoms with Crippen LogP contribution in [-0.4, -0.2) is 33.9 Å². The molecule has 0 spiro atoms. The molecule has 2 heterocycles. The first-order valence-electron chi connectivity index (χ1n) is 13.3. The van der Waals surface area contributed by atoms with Crippen molar-refractivity contribution in [1.29, 1.82) is 5.26 Å². The van der Waals surface area contributed by atoms with Crippen LogP contribution in [0.4, 0.5) is 5.13 Å². The molecule has 0 bridgehead atoms. The van der Waals surface area contributed by atoms with E-state index in [-0.39, 0.29) is 5.57 Å². The van der Waals surface area contributed by atoms with Crippen molar-refractivity contribution in [2.24, 2.45) is 0 Å². The van der Waals surface area contributed by atoms with Gasteiger partial charge >= 0.3 is 0 Å². The third-order valence-electron chi connectivity index (χ3n) is 6.17. The maximum absolute atomic E-state index is 12.7. The van der Waals surface area contributed by atoms with E-state index >= 15 is 0 Å². The van der Waals surface area contributed by atoms with Crippen molar-refractivity contribution in [3.05, 3.63) is 70.9 Å². The molecule has 39 heavy (non-hydrogen) atoms. The zero-order valence-electron chi connectivity index (χ0n) is 22.4. The molecule has 4 rings (SSSR count). The molecule has 0 aliphatic carbocycles. The molecule has 2 aromatic heterocycles. The number of fused-ring (bicyclic) bond motifs is 1. The van der Waals surface area contributed by atoms with Crippen LogP contribution in [0.1, 0.15) is 50.1 Å². The molecule has 9 heteroatoms. The molecule has 8 nitrogen and oxygen atoms in total. The van der Waals surface area contributed by atoms with Gasteiger partial charge in [-0.2, -0.15) is 5.26 Å². The summed E-state index contributed by atoms with van der Waals surface area (Å²) in [7, 11) is 0. The summed E-state index contributed by atoms with van der Waals surface area (Å²) in [5.41, 5.74) is 1.77. The highest BCUT2D eigenvalue weighted by atomic mass is 32.1. The fourth-order valence-corrected chi connectivity index (χ4v) is 4.78. The van der Waals surface area contributed by atoms with Crippen molar-refractivity contribution in [2.45, 2.75) is 52.5 Å². The molecule has 202 valence electrons. The van der Waals surface area contributed by atoms with Gasteiger partial charge < -0.3 is 14.0 Å². The summed E-state index contributed by atoms with van der Waals surface area (Å²) >= 11 is 1.30. The van der Waals surface area contributed by atoms with Crippen molar-refractivity contribution in [2.75, 3.05) is 18.5 Å². The summed E-state index contributed by atoms with van der Waals surface area (Å²) in [5, 5.41) is 22.5. The van der Waals surface area contributed by atoms with Gasteiger partial charge in [-0.3, -0.25) is 10.1 Å². The summed E-state index contributed by atoms with van der Waals surface area (Å²) in [4.78, 5) is 12.7. The largest absolute Gasteiger partial charge is 0.494 e. The van der Waals surface area contributed by atoms with Gasteiger partial charge in [0.2, 0.25) is 5.13 Å². The standard InChI is InChI=1S/C30H33N5O3S/c1-3-5-6-9-17-37-24-12-14-25(15-13-24)38-18-16-35-21-23(26-10-7-8-11-27(26)35)19-22(20-31)29(36)32-30-34-33-28(4-2)39-30/h7-8,10-15,19,21H,3-6,9,16-18H2,1-2H3,(H,32,34,36). The minimum atomic E-state index is -0.509. The Kier molecular flexibility index (Phi) is 10.1. The maximum Gasteiger partial charge on any atom is 0.268 e. The minimum Gasteiger partial charge on any atom is -0.494 e. The topological polar surface area (TPSA) is 102 Å². The minimum absolute atomic E-state index is 0.00456. The van der Waals surface area contributed by atoms with Crippen LogP contribution < -0.4 is 14.8 Å². The number of carbonyl (C=O) groups is 1. The Labute approximate surface area is 232 Å². The molecule has 0 unspecified atom stereocenters. The average Bonchev–Trinajstić information content (AvgIpc) is 3.56. The number of ether oxygens (including phenoxy) is 2. The Morgan fingerprint density at radius 1 is 1.03 bits per heavy atom. The molecule has 2 aromatic carbocycles. The Morgan fingerprint density at radius 3 is 2.46 bits per heavy atom. The molecule has 0 atom stereocenters. The third kappa shape index (κ3) is 7.68. The first kappa shape index (κ1) is 27.9. The number of benzene rings is 2. The van der Waals surface area contributed by atoms with Crippen LogP contribution in [-0.2, 0) is 17.8 Å². The summed E-state index contributed by atoms with van der Waals surface area (Å²) in [6.07, 6.45) is 9.00. The molecule has 0 saturated carbocycles. The van der Waals surface area contributed by atoms with Crippen LogP contribution in [0.25, 0.3) is 17.0 Å². The van der Waals surface area contributed by atoms with Gasteiger partial charge in [0, 0.05) is 22.7 Å². The van der Waals surface area contributed by atoms with Crippen LogP contribution >= 0.6 is 11.3 Å². The summed E-state index contributed by atoms with van der Waals surface area (Å²) in [6, 6.07) is 17.6. The Bertz CT molecular complexity index is 1450. The summed E-state index contributed by atoms with van der Waals surface area (Å²) < 4.78 is 13.9. The number of rotatable bonds is 14. The van der Waals surface area contributed by atoms with E-state index in [1.807, 2.05) is 67.7 Å². The molecule has 0 radical (unpaired) electrons. The van der Waals surface area contributed by atoms with Crippen molar-refractivity contribution < 1.29 is 14.3 Å². The number of hydrogen-bond donors (Lipinski definition) is 1. The Balaban J connectivity index is 1.39. The smallest absolute Gasteiger partial charge is 0.268 e. The average molecular weight is 544 g/mol. The van der Waals surface area contributed by atoms with Crippen molar-refractivity contribution in [3.63, 3.8) is 0 Å². The number of amides is 1. The van der Waals surface area contributed by atoms with E-state index in [0.717, 1.165) is 52.4 Å². The van der Waals surface area contributed by atoms with Crippen molar-refractivity contribution in [3.8, 4) is 17.6 Å². The van der Waals surface area contributed by atoms with Crippen LogP contribution in [0, 0.1) is 11.3 Å². The second-order valence-corrected chi connectivity index (χ2v) is 10.1. The maximum atomic E-state index is 12.7. The predicted molar refractivity (Wildman–Crippen MR) is 155 cm³/mol. The lowest BCUT2D eigenvalue weighted by Gasteiger charge is -2.10. The molecule has 4 aromatic rings. The molecular formula is C30H33N5O3S. The van der Waals surface area contributed by atoms with Crippen LogP contribution in [0.2, 0.25) is 0 Å². The number of para-hydroxylation sites is 1. The first-order chi connectivity index (χ1) is 19.1. The van der Waals surface area contributed by atoms with Crippen molar-refractivity contribution in [1.82, 2.24) is 14.8 Å². The van der Waals surface area contributed by atoms with Crippen LogP contribution in [0.15, 0.2) is 60.3 Å². The molecule has 0 fully saturated rings. The van der Waals surface area contributed by atoms with Gasteiger partial charge in [0.1, 0.15) is 34.8 Å². The SMILES string of the molecule is CCCCCCOc1ccc(OCCn2cc(C=C(C#N)C(=O)Nc3nnc(CC)s3)c3ccccc32)cc1. The quantitative estimate of drug-likeness (QED) is 0.109. The van der Waals surface area contributed by atoms with Crippen LogP contribution in [0.3, 0.4) is 0 Å². The number of nitrogens with zero attached hydrogens (tertiary/aromatic N) is 4. The van der Waals surface area contributed by atoms with Crippen LogP contribution in [0.5, 0.6) is 11.5 Å². The molecule has 0 aliphatic rings. The van der Waals surface area contributed by atoms with E-state index in [4.69, 9.17) is 9.47 Å². The lowest BCUT2D eigenvalue weighted by Crippen LogP contribution is -2.13. The first-order valence-corrected chi connectivity index (χ1v) is 14.1. The van der Waals surface area contributed by atoms with Crippen molar-refractivity contribution >= 4 is 39.4 Å². The van der Waals surface area contributed by atoms with Gasteiger partial charge in [-0.25, -0.2) is 0 Å². The molecule has 1 N–H and O–H groups in total. The monoisotopic (exact) mass is 543 g/mol. The zero-order valence-corrected chi connectivity index (χ0v) is 23.2. The molecule has 0 saturated heterocycles. The highest BCUT2D eigenvalue weighted by Gasteiger charge is 2.15. The molecule has 0 aliphatic heterocycles. The summed E-state index contributed by atoms with van der Waals surface area (Å²) in [6.45, 7) is 5.96. The van der Waals surface area contributed by atoms with E-state index in [0.29, 0.717) is 18.3 Å². The van der Waals surface area contributed by atoms with E-state index in [9.17, 15) is 10.1 Å². The van der Waals surface area contributed by atoms with Gasteiger partial charge in [0.05, 0.1) is 13.2 Å². The Hall–Kier alpha value is -4.16. The summed E-state index contributed by atoms with van der Waals surface area (Å²) in [5.74, 6) is 1.11. The number of carbonyl (C=O) groups excluding carboxylic acids is 1. The van der Waals surface area contributed by atoms with E-state index in [1.165, 1.54) is 30.6 Å². The Morgan fingerprint density at radius 2 is 1.77 bits per heavy atom. The highest BCUT2D eigenvalue weighted by molar-refractivity contribution is 7.15. The number of aromatic nitrogens is 3. The van der Waals surface area contributed by atoms with Gasteiger partial charge in [-0.05, 0) is 49.2 Å². The van der Waals surface area contributed by atoms with Gasteiger partial charge in [0.15, 0.2) is 0 Å². The van der Waals surface area contributed by atoms with Gasteiger partial charge in [-0.1, -0.05) is 62.6 Å². The number of hydrogen-bond acceptors (Lipinski definition) is 7. The fourth-order valence-electron chi connectivity index (χ4n) is 4.10.